The first kappa shape index (κ1) is 12.7. The quantitative estimate of drug-likeness (QED) is 0.788. The molecule has 1 aromatic rings. The third kappa shape index (κ3) is 2.42. The number of carbonyl (C=O) groups is 1. The molecule has 2 atom stereocenters. The van der Waals surface area contributed by atoms with Gasteiger partial charge in [0.15, 0.2) is 5.82 Å². The fourth-order valence-corrected chi connectivity index (χ4v) is 2.89. The van der Waals surface area contributed by atoms with Crippen molar-refractivity contribution in [3.05, 3.63) is 11.7 Å². The van der Waals surface area contributed by atoms with Crippen molar-refractivity contribution in [2.75, 3.05) is 33.7 Å². The van der Waals surface area contributed by atoms with Crippen LogP contribution in [0.15, 0.2) is 4.52 Å². The third-order valence-corrected chi connectivity index (χ3v) is 4.21. The molecule has 19 heavy (non-hydrogen) atoms. The van der Waals surface area contributed by atoms with Crippen molar-refractivity contribution in [2.45, 2.75) is 31.2 Å². The summed E-state index contributed by atoms with van der Waals surface area (Å²) in [6.45, 7) is 2.94. The molecule has 0 N–H and O–H groups in total. The van der Waals surface area contributed by atoms with E-state index < -0.39 is 0 Å². The molecule has 3 rings (SSSR count). The van der Waals surface area contributed by atoms with Crippen molar-refractivity contribution in [1.82, 2.24) is 19.9 Å². The van der Waals surface area contributed by atoms with E-state index in [1.54, 1.807) is 0 Å². The molecule has 1 aliphatic heterocycles. The molecule has 0 aromatic carbocycles. The topological polar surface area (TPSA) is 62.5 Å². The van der Waals surface area contributed by atoms with Crippen LogP contribution in [-0.2, 0) is 4.79 Å². The number of carbonyl (C=O) groups excluding carboxylic acids is 1. The first-order valence-electron chi connectivity index (χ1n) is 6.90. The molecule has 0 radical (unpaired) electrons. The molecule has 6 nitrogen and oxygen atoms in total. The lowest BCUT2D eigenvalue weighted by atomic mass is 10.1. The molecule has 2 unspecified atom stereocenters. The van der Waals surface area contributed by atoms with Gasteiger partial charge in [-0.1, -0.05) is 5.16 Å². The normalized spacial score (nSPS) is 30.1. The fourth-order valence-electron chi connectivity index (χ4n) is 2.89. The Hall–Kier alpha value is -1.27. The van der Waals surface area contributed by atoms with Crippen molar-refractivity contribution < 1.29 is 9.32 Å². The van der Waals surface area contributed by atoms with Gasteiger partial charge in [0, 0.05) is 26.1 Å². The molecular weight excluding hydrogens is 244 g/mol. The van der Waals surface area contributed by atoms with Gasteiger partial charge < -0.3 is 9.42 Å². The average Bonchev–Trinajstić information content (AvgIpc) is 3.00. The predicted octanol–water partition coefficient (Wildman–Crippen LogP) is 0.824. The lowest BCUT2D eigenvalue weighted by molar-refractivity contribution is -0.119. The van der Waals surface area contributed by atoms with Gasteiger partial charge in [-0.2, -0.15) is 4.98 Å². The van der Waals surface area contributed by atoms with E-state index in [4.69, 9.17) is 4.52 Å². The highest BCUT2D eigenvalue weighted by Crippen LogP contribution is 2.31. The van der Waals surface area contributed by atoms with Crippen molar-refractivity contribution >= 4 is 5.78 Å². The van der Waals surface area contributed by atoms with Gasteiger partial charge in [-0.15, -0.1) is 0 Å². The number of Topliss-reactive ketones (excluding diaryl/α,β-unsaturated/α-hetero) is 1. The minimum atomic E-state index is -0.159. The minimum absolute atomic E-state index is 0.159. The zero-order valence-corrected chi connectivity index (χ0v) is 11.5. The Balaban J connectivity index is 1.78. The first-order valence-corrected chi connectivity index (χ1v) is 6.90. The van der Waals surface area contributed by atoms with Gasteiger partial charge in [0.2, 0.25) is 5.89 Å². The Labute approximate surface area is 112 Å². The summed E-state index contributed by atoms with van der Waals surface area (Å²) in [6, 6.07) is 0.160. The summed E-state index contributed by atoms with van der Waals surface area (Å²) in [6.07, 6.45) is 2.43. The number of nitrogens with zero attached hydrogens (tertiary/aromatic N) is 4. The maximum Gasteiger partial charge on any atom is 0.237 e. The van der Waals surface area contributed by atoms with E-state index in [-0.39, 0.29) is 17.7 Å². The van der Waals surface area contributed by atoms with Crippen LogP contribution >= 0.6 is 0 Å². The standard InChI is InChI=1S/C13H20N4O2/c1-16-6-7-17(2)10(8-16)12-14-13(19-15-12)9-4-3-5-11(9)18/h9-10H,3-8H2,1-2H3. The van der Waals surface area contributed by atoms with Crippen LogP contribution in [0.1, 0.15) is 42.9 Å². The summed E-state index contributed by atoms with van der Waals surface area (Å²) in [4.78, 5) is 20.7. The molecule has 6 heteroatoms. The number of ketones is 1. The molecule has 2 fully saturated rings. The molecule has 104 valence electrons. The van der Waals surface area contributed by atoms with E-state index in [1.807, 2.05) is 0 Å². The second-order valence-electron chi connectivity index (χ2n) is 5.66. The van der Waals surface area contributed by atoms with Crippen LogP contribution in [0.3, 0.4) is 0 Å². The number of hydrogen-bond donors (Lipinski definition) is 0. The fraction of sp³-hybridized carbons (Fsp3) is 0.769. The summed E-state index contributed by atoms with van der Waals surface area (Å²) in [5.74, 6) is 1.31. The largest absolute Gasteiger partial charge is 0.338 e. The molecule has 1 saturated carbocycles. The average molecular weight is 264 g/mol. The number of piperazine rings is 1. The van der Waals surface area contributed by atoms with E-state index in [2.05, 4.69) is 34.0 Å². The second-order valence-corrected chi connectivity index (χ2v) is 5.66. The first-order chi connectivity index (χ1) is 9.15. The SMILES string of the molecule is CN1CCN(C)C(c2noc(C3CCCC3=O)n2)C1. The molecular formula is C13H20N4O2. The maximum atomic E-state index is 11.7. The van der Waals surface area contributed by atoms with E-state index in [9.17, 15) is 4.79 Å². The van der Waals surface area contributed by atoms with Crippen LogP contribution in [0, 0.1) is 0 Å². The van der Waals surface area contributed by atoms with Crippen LogP contribution in [0.2, 0.25) is 0 Å². The Morgan fingerprint density at radius 3 is 2.89 bits per heavy atom. The summed E-state index contributed by atoms with van der Waals surface area (Å²) in [7, 11) is 4.18. The molecule has 0 bridgehead atoms. The zero-order valence-electron chi connectivity index (χ0n) is 11.5. The molecule has 2 heterocycles. The molecule has 2 aliphatic rings. The van der Waals surface area contributed by atoms with Gasteiger partial charge in [-0.25, -0.2) is 0 Å². The molecule has 1 saturated heterocycles. The van der Waals surface area contributed by atoms with Gasteiger partial charge in [0.25, 0.3) is 0 Å². The highest BCUT2D eigenvalue weighted by Gasteiger charge is 2.33. The van der Waals surface area contributed by atoms with Crippen molar-refractivity contribution in [2.24, 2.45) is 0 Å². The van der Waals surface area contributed by atoms with Crippen LogP contribution in [0.25, 0.3) is 0 Å². The molecule has 1 aromatic heterocycles. The summed E-state index contributed by atoms with van der Waals surface area (Å²) >= 11 is 0. The maximum absolute atomic E-state index is 11.7. The van der Waals surface area contributed by atoms with E-state index in [0.29, 0.717) is 18.1 Å². The lowest BCUT2D eigenvalue weighted by Crippen LogP contribution is -2.45. The van der Waals surface area contributed by atoms with Gasteiger partial charge >= 0.3 is 0 Å². The third-order valence-electron chi connectivity index (χ3n) is 4.21. The summed E-state index contributed by atoms with van der Waals surface area (Å²) in [5, 5.41) is 4.10. The Morgan fingerprint density at radius 1 is 1.32 bits per heavy atom. The summed E-state index contributed by atoms with van der Waals surface area (Å²) < 4.78 is 5.33. The van der Waals surface area contributed by atoms with Crippen LogP contribution in [0.4, 0.5) is 0 Å². The Bertz CT molecular complexity index is 473. The van der Waals surface area contributed by atoms with E-state index in [0.717, 1.165) is 32.5 Å². The Morgan fingerprint density at radius 2 is 2.16 bits per heavy atom. The van der Waals surface area contributed by atoms with Gasteiger partial charge in [-0.3, -0.25) is 9.69 Å². The van der Waals surface area contributed by atoms with E-state index in [1.165, 1.54) is 0 Å². The molecule has 1 aliphatic carbocycles. The molecule has 0 spiro atoms. The molecule has 0 amide bonds. The van der Waals surface area contributed by atoms with Gasteiger partial charge in [0.1, 0.15) is 5.78 Å². The predicted molar refractivity (Wildman–Crippen MR) is 68.8 cm³/mol. The van der Waals surface area contributed by atoms with Crippen molar-refractivity contribution in [3.63, 3.8) is 0 Å². The lowest BCUT2D eigenvalue weighted by Gasteiger charge is -2.35. The summed E-state index contributed by atoms with van der Waals surface area (Å²) in [5.41, 5.74) is 0. The highest BCUT2D eigenvalue weighted by molar-refractivity contribution is 5.86. The van der Waals surface area contributed by atoms with Crippen molar-refractivity contribution in [1.29, 1.82) is 0 Å². The second kappa shape index (κ2) is 5.02. The van der Waals surface area contributed by atoms with Crippen LogP contribution in [0.5, 0.6) is 0 Å². The smallest absolute Gasteiger partial charge is 0.237 e. The van der Waals surface area contributed by atoms with Crippen LogP contribution < -0.4 is 0 Å². The van der Waals surface area contributed by atoms with Crippen molar-refractivity contribution in [3.8, 4) is 0 Å². The minimum Gasteiger partial charge on any atom is -0.338 e. The number of hydrogen-bond acceptors (Lipinski definition) is 6. The Kier molecular flexibility index (Phi) is 3.36. The number of rotatable bonds is 2. The van der Waals surface area contributed by atoms with E-state index >= 15 is 0 Å². The van der Waals surface area contributed by atoms with Gasteiger partial charge in [-0.05, 0) is 26.9 Å². The van der Waals surface area contributed by atoms with Gasteiger partial charge in [0.05, 0.1) is 12.0 Å². The zero-order chi connectivity index (χ0) is 13.4. The van der Waals surface area contributed by atoms with Crippen LogP contribution in [-0.4, -0.2) is 59.5 Å². The monoisotopic (exact) mass is 264 g/mol. The number of aromatic nitrogens is 2. The highest BCUT2D eigenvalue weighted by atomic mass is 16.5. The number of likely N-dealkylation sites (N-methyl/N-ethyl adjacent to an activating group) is 2.